The number of aryl methyl sites for hydroxylation is 1. The molecule has 0 amide bonds. The number of nitrogens with one attached hydrogen (secondary N) is 1. The molecule has 3 N–H and O–H groups in total. The molecule has 0 saturated carbocycles. The summed E-state index contributed by atoms with van der Waals surface area (Å²) in [6.07, 6.45) is 7.51. The highest BCUT2D eigenvalue weighted by Gasteiger charge is 2.20. The van der Waals surface area contributed by atoms with Crippen molar-refractivity contribution < 1.29 is 0 Å². The average molecular weight is 275 g/mol. The highest BCUT2D eigenvalue weighted by molar-refractivity contribution is 5.79. The van der Waals surface area contributed by atoms with Crippen LogP contribution in [-0.2, 0) is 12.8 Å². The second kappa shape index (κ2) is 6.68. The van der Waals surface area contributed by atoms with Gasteiger partial charge in [-0.25, -0.2) is 9.97 Å². The number of anilines is 1. The van der Waals surface area contributed by atoms with Crippen LogP contribution >= 0.6 is 0 Å². The van der Waals surface area contributed by atoms with E-state index in [9.17, 15) is 0 Å². The molecule has 1 aromatic rings. The Morgan fingerprint density at radius 2 is 2.10 bits per heavy atom. The van der Waals surface area contributed by atoms with Gasteiger partial charge < -0.3 is 10.6 Å². The number of hydrogen-bond donors (Lipinski definition) is 2. The molecule has 5 nitrogen and oxygen atoms in total. The summed E-state index contributed by atoms with van der Waals surface area (Å²) in [4.78, 5) is 11.2. The third-order valence-corrected chi connectivity index (χ3v) is 4.06. The van der Waals surface area contributed by atoms with Crippen LogP contribution in [-0.4, -0.2) is 28.9 Å². The first-order chi connectivity index (χ1) is 9.63. The maximum absolute atomic E-state index is 7.57. The van der Waals surface area contributed by atoms with Gasteiger partial charge in [0.2, 0.25) is 0 Å². The van der Waals surface area contributed by atoms with Crippen LogP contribution in [0, 0.1) is 11.3 Å². The highest BCUT2D eigenvalue weighted by Crippen LogP contribution is 2.26. The molecule has 20 heavy (non-hydrogen) atoms. The zero-order valence-corrected chi connectivity index (χ0v) is 12.5. The molecule has 0 spiro atoms. The van der Waals surface area contributed by atoms with E-state index in [0.29, 0.717) is 0 Å². The van der Waals surface area contributed by atoms with Crippen molar-refractivity contribution in [2.75, 3.05) is 18.0 Å². The van der Waals surface area contributed by atoms with E-state index >= 15 is 0 Å². The molecule has 0 aromatic carbocycles. The number of fused-ring (bicyclic) bond motifs is 1. The van der Waals surface area contributed by atoms with E-state index in [1.54, 1.807) is 6.33 Å². The number of rotatable bonds is 5. The smallest absolute Gasteiger partial charge is 0.135 e. The SMILES string of the molecule is CCN(CC(C)C(=N)N)c1ncnc2c1CCCCC2. The Kier molecular flexibility index (Phi) is 4.93. The quantitative estimate of drug-likeness (QED) is 0.490. The van der Waals surface area contributed by atoms with Gasteiger partial charge in [-0.15, -0.1) is 0 Å². The van der Waals surface area contributed by atoms with Crippen molar-refractivity contribution in [1.29, 1.82) is 5.41 Å². The number of nitrogens with two attached hydrogens (primary N) is 1. The monoisotopic (exact) mass is 275 g/mol. The summed E-state index contributed by atoms with van der Waals surface area (Å²) in [7, 11) is 0. The Morgan fingerprint density at radius 1 is 1.35 bits per heavy atom. The summed E-state index contributed by atoms with van der Waals surface area (Å²) >= 11 is 0. The first kappa shape index (κ1) is 14.8. The maximum atomic E-state index is 7.57. The summed E-state index contributed by atoms with van der Waals surface area (Å²) in [6, 6.07) is 0. The van der Waals surface area contributed by atoms with Crippen molar-refractivity contribution in [2.24, 2.45) is 11.7 Å². The van der Waals surface area contributed by atoms with Crippen LogP contribution in [0.15, 0.2) is 6.33 Å². The van der Waals surface area contributed by atoms with Gasteiger partial charge >= 0.3 is 0 Å². The fourth-order valence-corrected chi connectivity index (χ4v) is 2.75. The lowest BCUT2D eigenvalue weighted by atomic mass is 10.1. The standard InChI is InChI=1S/C15H25N5/c1-3-20(9-11(2)14(16)17)15-12-7-5-4-6-8-13(12)18-10-19-15/h10-11H,3-9H2,1-2H3,(H3,16,17). The molecule has 0 fully saturated rings. The largest absolute Gasteiger partial charge is 0.387 e. The van der Waals surface area contributed by atoms with Crippen molar-refractivity contribution in [3.05, 3.63) is 17.6 Å². The number of nitrogens with zero attached hydrogens (tertiary/aromatic N) is 3. The molecular weight excluding hydrogens is 250 g/mol. The predicted molar refractivity (Wildman–Crippen MR) is 82.3 cm³/mol. The van der Waals surface area contributed by atoms with Crippen molar-refractivity contribution in [3.63, 3.8) is 0 Å². The lowest BCUT2D eigenvalue weighted by Gasteiger charge is -2.27. The van der Waals surface area contributed by atoms with Crippen LogP contribution in [0.2, 0.25) is 0 Å². The zero-order chi connectivity index (χ0) is 14.5. The maximum Gasteiger partial charge on any atom is 0.135 e. The summed E-state index contributed by atoms with van der Waals surface area (Å²) in [5.74, 6) is 1.34. The fourth-order valence-electron chi connectivity index (χ4n) is 2.75. The highest BCUT2D eigenvalue weighted by atomic mass is 15.2. The minimum Gasteiger partial charge on any atom is -0.387 e. The second-order valence-corrected chi connectivity index (χ2v) is 5.58. The molecule has 0 bridgehead atoms. The van der Waals surface area contributed by atoms with Crippen LogP contribution in [0.1, 0.15) is 44.4 Å². The predicted octanol–water partition coefficient (Wildman–Crippen LogP) is 2.14. The minimum atomic E-state index is 0.0475. The molecule has 0 aliphatic heterocycles. The Labute approximate surface area is 121 Å². The van der Waals surface area contributed by atoms with E-state index in [2.05, 4.69) is 21.8 Å². The van der Waals surface area contributed by atoms with Gasteiger partial charge in [-0.1, -0.05) is 13.3 Å². The number of hydrogen-bond acceptors (Lipinski definition) is 4. The van der Waals surface area contributed by atoms with Crippen LogP contribution < -0.4 is 10.6 Å². The molecular formula is C15H25N5. The Bertz CT molecular complexity index is 471. The average Bonchev–Trinajstić information content (AvgIpc) is 2.69. The number of aromatic nitrogens is 2. The van der Waals surface area contributed by atoms with Crippen LogP contribution in [0.25, 0.3) is 0 Å². The molecule has 1 unspecified atom stereocenters. The summed E-state index contributed by atoms with van der Waals surface area (Å²) in [5.41, 5.74) is 8.12. The van der Waals surface area contributed by atoms with Crippen LogP contribution in [0.5, 0.6) is 0 Å². The normalized spacial score (nSPS) is 16.1. The molecule has 1 aliphatic carbocycles. The Morgan fingerprint density at radius 3 is 2.80 bits per heavy atom. The molecule has 1 aromatic heterocycles. The van der Waals surface area contributed by atoms with Crippen molar-refractivity contribution in [3.8, 4) is 0 Å². The van der Waals surface area contributed by atoms with Gasteiger partial charge in [-0.3, -0.25) is 5.41 Å². The van der Waals surface area contributed by atoms with Gasteiger partial charge in [0.1, 0.15) is 12.1 Å². The van der Waals surface area contributed by atoms with Crippen LogP contribution in [0.3, 0.4) is 0 Å². The van der Waals surface area contributed by atoms with Gasteiger partial charge in [0.15, 0.2) is 0 Å². The van der Waals surface area contributed by atoms with E-state index in [1.165, 1.54) is 30.5 Å². The van der Waals surface area contributed by atoms with Gasteiger partial charge in [0.25, 0.3) is 0 Å². The van der Waals surface area contributed by atoms with Gasteiger partial charge in [-0.2, -0.15) is 0 Å². The lowest BCUT2D eigenvalue weighted by molar-refractivity contribution is 0.681. The van der Waals surface area contributed by atoms with E-state index in [1.807, 2.05) is 6.92 Å². The number of amidine groups is 1. The summed E-state index contributed by atoms with van der Waals surface area (Å²) in [5, 5.41) is 7.57. The molecule has 1 atom stereocenters. The van der Waals surface area contributed by atoms with Crippen LogP contribution in [0.4, 0.5) is 5.82 Å². The van der Waals surface area contributed by atoms with E-state index in [-0.39, 0.29) is 11.8 Å². The van der Waals surface area contributed by atoms with E-state index in [4.69, 9.17) is 11.1 Å². The molecule has 0 saturated heterocycles. The third kappa shape index (κ3) is 3.26. The topological polar surface area (TPSA) is 78.9 Å². The first-order valence-corrected chi connectivity index (χ1v) is 7.55. The molecule has 1 aliphatic rings. The van der Waals surface area contributed by atoms with Gasteiger partial charge in [-0.05, 0) is 32.6 Å². The fraction of sp³-hybridized carbons (Fsp3) is 0.667. The molecule has 110 valence electrons. The Hall–Kier alpha value is -1.65. The summed E-state index contributed by atoms with van der Waals surface area (Å²) < 4.78 is 0. The van der Waals surface area contributed by atoms with Crippen molar-refractivity contribution in [1.82, 2.24) is 9.97 Å². The van der Waals surface area contributed by atoms with Gasteiger partial charge in [0.05, 0.1) is 5.84 Å². The third-order valence-electron chi connectivity index (χ3n) is 4.06. The van der Waals surface area contributed by atoms with Gasteiger partial charge in [0, 0.05) is 30.3 Å². The van der Waals surface area contributed by atoms with Crippen molar-refractivity contribution >= 4 is 11.7 Å². The molecule has 2 rings (SSSR count). The summed E-state index contributed by atoms with van der Waals surface area (Å²) in [6.45, 7) is 5.74. The zero-order valence-electron chi connectivity index (χ0n) is 12.5. The molecule has 0 radical (unpaired) electrons. The second-order valence-electron chi connectivity index (χ2n) is 5.58. The minimum absolute atomic E-state index is 0.0475. The van der Waals surface area contributed by atoms with E-state index < -0.39 is 0 Å². The molecule has 1 heterocycles. The van der Waals surface area contributed by atoms with Crippen molar-refractivity contribution in [2.45, 2.75) is 46.0 Å². The first-order valence-electron chi connectivity index (χ1n) is 7.55. The molecule has 5 heteroatoms. The lowest BCUT2D eigenvalue weighted by Crippen LogP contribution is -2.35. The van der Waals surface area contributed by atoms with E-state index in [0.717, 1.165) is 31.7 Å². The Balaban J connectivity index is 2.27.